The van der Waals surface area contributed by atoms with Crippen molar-refractivity contribution in [2.45, 2.75) is 51.5 Å². The smallest absolute Gasteiger partial charge is 0.307 e. The lowest BCUT2D eigenvalue weighted by Crippen LogP contribution is -2.38. The molecule has 132 valence electrons. The molecular formula is C19H29NO3Si. The Morgan fingerprint density at radius 2 is 1.88 bits per heavy atom. The first-order chi connectivity index (χ1) is 11.2. The highest BCUT2D eigenvalue weighted by molar-refractivity contribution is 6.80. The third kappa shape index (κ3) is 4.77. The number of carboxylic acids is 1. The number of carbonyl (C=O) groups is 2. The van der Waals surface area contributed by atoms with Gasteiger partial charge in [0.1, 0.15) is 5.78 Å². The van der Waals surface area contributed by atoms with Crippen molar-refractivity contribution in [3.63, 3.8) is 0 Å². The zero-order valence-corrected chi connectivity index (χ0v) is 16.2. The van der Waals surface area contributed by atoms with Crippen molar-refractivity contribution in [1.82, 2.24) is 4.90 Å². The number of hydrogen-bond acceptors (Lipinski definition) is 3. The van der Waals surface area contributed by atoms with Gasteiger partial charge in [-0.25, -0.2) is 0 Å². The Bertz CT molecular complexity index is 592. The number of carboxylic acid groups (broad SMARTS) is 1. The average molecular weight is 348 g/mol. The van der Waals surface area contributed by atoms with Crippen molar-refractivity contribution in [1.29, 1.82) is 0 Å². The Kier molecular flexibility index (Phi) is 5.99. The molecule has 5 heteroatoms. The summed E-state index contributed by atoms with van der Waals surface area (Å²) in [6, 6.07) is 8.35. The lowest BCUT2D eigenvalue weighted by Gasteiger charge is -2.31. The van der Waals surface area contributed by atoms with Crippen LogP contribution < -0.4 is 0 Å². The van der Waals surface area contributed by atoms with E-state index in [0.717, 1.165) is 31.5 Å². The highest BCUT2D eigenvalue weighted by Gasteiger charge is 2.32. The number of ketones is 1. The third-order valence-corrected chi connectivity index (χ3v) is 7.32. The first-order valence-electron chi connectivity index (χ1n) is 8.73. The Balaban J connectivity index is 2.06. The number of likely N-dealkylation sites (tertiary alicyclic amines) is 1. The Morgan fingerprint density at radius 3 is 2.38 bits per heavy atom. The monoisotopic (exact) mass is 347 g/mol. The molecule has 0 saturated carbocycles. The second-order valence-corrected chi connectivity index (χ2v) is 13.4. The van der Waals surface area contributed by atoms with Gasteiger partial charge >= 0.3 is 5.97 Å². The van der Waals surface area contributed by atoms with Gasteiger partial charge in [0.15, 0.2) is 0 Å². The van der Waals surface area contributed by atoms with Crippen LogP contribution in [0.5, 0.6) is 0 Å². The molecule has 2 atom stereocenters. The van der Waals surface area contributed by atoms with Gasteiger partial charge in [-0.05, 0) is 37.4 Å². The lowest BCUT2D eigenvalue weighted by molar-refractivity contribution is -0.143. The van der Waals surface area contributed by atoms with Gasteiger partial charge in [0.2, 0.25) is 0 Å². The van der Waals surface area contributed by atoms with Gasteiger partial charge in [-0.2, -0.15) is 0 Å². The van der Waals surface area contributed by atoms with Crippen molar-refractivity contribution >= 4 is 19.8 Å². The number of piperidine rings is 1. The lowest BCUT2D eigenvalue weighted by atomic mass is 9.97. The van der Waals surface area contributed by atoms with Gasteiger partial charge in [-0.1, -0.05) is 43.9 Å². The molecule has 0 amide bonds. The normalized spacial score (nSPS) is 20.6. The number of Topliss-reactive ketones (excluding diaryl/α,β-unsaturated/α-hetero) is 1. The van der Waals surface area contributed by atoms with Gasteiger partial charge in [0.25, 0.3) is 0 Å². The topological polar surface area (TPSA) is 57.6 Å². The molecule has 1 aliphatic rings. The van der Waals surface area contributed by atoms with Crippen LogP contribution in [0, 0.1) is 5.92 Å². The van der Waals surface area contributed by atoms with Crippen LogP contribution in [-0.2, 0) is 16.1 Å². The van der Waals surface area contributed by atoms with Gasteiger partial charge in [0, 0.05) is 18.6 Å². The van der Waals surface area contributed by atoms with E-state index >= 15 is 0 Å². The highest BCUT2D eigenvalue weighted by Crippen LogP contribution is 2.28. The number of rotatable bonds is 6. The fourth-order valence-corrected chi connectivity index (χ4v) is 6.23. The maximum Gasteiger partial charge on any atom is 0.307 e. The number of benzene rings is 1. The van der Waals surface area contributed by atoms with E-state index in [1.165, 1.54) is 5.56 Å². The van der Waals surface area contributed by atoms with Crippen LogP contribution in [0.1, 0.15) is 36.4 Å². The summed E-state index contributed by atoms with van der Waals surface area (Å²) < 4.78 is 0. The van der Waals surface area contributed by atoms with Gasteiger partial charge in [0.05, 0.1) is 14.0 Å². The fraction of sp³-hybridized carbons (Fsp3) is 0.579. The summed E-state index contributed by atoms with van der Waals surface area (Å²) in [7, 11) is -1.60. The largest absolute Gasteiger partial charge is 0.481 e. The fourth-order valence-electron chi connectivity index (χ4n) is 3.82. The minimum absolute atomic E-state index is 0.0397. The molecule has 2 unspecified atom stereocenters. The molecule has 2 rings (SSSR count). The van der Waals surface area contributed by atoms with Crippen molar-refractivity contribution < 1.29 is 14.7 Å². The summed E-state index contributed by atoms with van der Waals surface area (Å²) in [6.07, 6.45) is 1.72. The van der Waals surface area contributed by atoms with Crippen LogP contribution in [0.3, 0.4) is 0 Å². The molecule has 1 fully saturated rings. The molecule has 0 aromatic heterocycles. The summed E-state index contributed by atoms with van der Waals surface area (Å²) in [5.41, 5.74) is 2.34. The van der Waals surface area contributed by atoms with E-state index in [1.54, 1.807) is 6.92 Å². The van der Waals surface area contributed by atoms with Crippen LogP contribution >= 0.6 is 0 Å². The van der Waals surface area contributed by atoms with E-state index in [2.05, 4.69) is 48.8 Å². The standard InChI is InChI=1S/C19H29NO3Si/c1-14(21)18(24(2,3)4)16-9-7-15(8-10-16)12-20-11-5-6-17(13-20)19(22)23/h7-10,17-18H,5-6,11-13H2,1-4H3,(H,22,23). The van der Waals surface area contributed by atoms with Crippen LogP contribution in [0.25, 0.3) is 0 Å². The van der Waals surface area contributed by atoms with Gasteiger partial charge in [-0.15, -0.1) is 0 Å². The van der Waals surface area contributed by atoms with E-state index in [4.69, 9.17) is 0 Å². The highest BCUT2D eigenvalue weighted by atomic mass is 28.3. The van der Waals surface area contributed by atoms with E-state index in [0.29, 0.717) is 6.54 Å². The Hall–Kier alpha value is -1.46. The zero-order valence-electron chi connectivity index (χ0n) is 15.2. The molecule has 0 bridgehead atoms. The Morgan fingerprint density at radius 1 is 1.25 bits per heavy atom. The van der Waals surface area contributed by atoms with Crippen LogP contribution in [0.15, 0.2) is 24.3 Å². The summed E-state index contributed by atoms with van der Waals surface area (Å²) in [4.78, 5) is 25.5. The molecule has 1 aliphatic heterocycles. The van der Waals surface area contributed by atoms with Crippen molar-refractivity contribution in [3.8, 4) is 0 Å². The third-order valence-electron chi connectivity index (χ3n) is 4.85. The molecule has 1 aromatic rings. The summed E-state index contributed by atoms with van der Waals surface area (Å²) in [6.45, 7) is 10.7. The van der Waals surface area contributed by atoms with Crippen molar-refractivity contribution in [3.05, 3.63) is 35.4 Å². The molecule has 4 nitrogen and oxygen atoms in total. The van der Waals surface area contributed by atoms with E-state index in [-0.39, 0.29) is 17.2 Å². The second-order valence-electron chi connectivity index (χ2n) is 8.06. The number of carbonyl (C=O) groups excluding carboxylic acids is 1. The summed E-state index contributed by atoms with van der Waals surface area (Å²) >= 11 is 0. The molecule has 1 N–H and O–H groups in total. The molecule has 1 aromatic carbocycles. The van der Waals surface area contributed by atoms with E-state index in [9.17, 15) is 14.7 Å². The maximum absolute atomic E-state index is 12.1. The van der Waals surface area contributed by atoms with Crippen LogP contribution in [0.4, 0.5) is 0 Å². The molecule has 1 heterocycles. The van der Waals surface area contributed by atoms with Crippen molar-refractivity contribution in [2.24, 2.45) is 5.92 Å². The van der Waals surface area contributed by atoms with Crippen LogP contribution in [0.2, 0.25) is 19.6 Å². The summed E-state index contributed by atoms with van der Waals surface area (Å²) in [5.74, 6) is -0.677. The first-order valence-corrected chi connectivity index (χ1v) is 12.3. The van der Waals surface area contributed by atoms with Crippen molar-refractivity contribution in [2.75, 3.05) is 13.1 Å². The predicted octanol–water partition coefficient (Wildman–Crippen LogP) is 3.53. The minimum Gasteiger partial charge on any atom is -0.481 e. The molecule has 24 heavy (non-hydrogen) atoms. The van der Waals surface area contributed by atoms with E-state index in [1.807, 2.05) is 0 Å². The first kappa shape index (κ1) is 18.9. The molecule has 0 radical (unpaired) electrons. The SMILES string of the molecule is CC(=O)C(c1ccc(CN2CCCC(C(=O)O)C2)cc1)[Si](C)(C)C. The molecule has 1 saturated heterocycles. The molecule has 0 aliphatic carbocycles. The number of aliphatic carboxylic acids is 1. The van der Waals surface area contributed by atoms with Gasteiger partial charge < -0.3 is 5.11 Å². The quantitative estimate of drug-likeness (QED) is 0.800. The predicted molar refractivity (Wildman–Crippen MR) is 98.8 cm³/mol. The van der Waals surface area contributed by atoms with Crippen LogP contribution in [-0.4, -0.2) is 42.9 Å². The number of nitrogens with zero attached hydrogens (tertiary/aromatic N) is 1. The summed E-state index contributed by atoms with van der Waals surface area (Å²) in [5, 5.41) is 9.19. The minimum atomic E-state index is -1.60. The molecular weight excluding hydrogens is 318 g/mol. The van der Waals surface area contributed by atoms with E-state index < -0.39 is 14.0 Å². The second kappa shape index (κ2) is 7.62. The average Bonchev–Trinajstić information content (AvgIpc) is 2.47. The zero-order chi connectivity index (χ0) is 17.9. The maximum atomic E-state index is 12.1. The number of hydrogen-bond donors (Lipinski definition) is 1. The van der Waals surface area contributed by atoms with Gasteiger partial charge in [-0.3, -0.25) is 14.5 Å². The molecule has 0 spiro atoms. The Labute approximate surface area is 145 Å².